The van der Waals surface area contributed by atoms with Crippen molar-refractivity contribution in [3.8, 4) is 0 Å². The van der Waals surface area contributed by atoms with Crippen molar-refractivity contribution in [2.24, 2.45) is 0 Å². The number of para-hydroxylation sites is 1. The summed E-state index contributed by atoms with van der Waals surface area (Å²) in [6, 6.07) is 4.92. The van der Waals surface area contributed by atoms with E-state index in [9.17, 15) is 25.9 Å². The maximum Gasteiger partial charge on any atom is 0.334 e. The minimum absolute atomic E-state index is 0.214. The van der Waals surface area contributed by atoms with Crippen molar-refractivity contribution in [2.75, 3.05) is 18.5 Å². The van der Waals surface area contributed by atoms with Crippen LogP contribution < -0.4 is 5.32 Å². The van der Waals surface area contributed by atoms with Crippen LogP contribution in [-0.4, -0.2) is 34.0 Å². The molecule has 0 unspecified atom stereocenters. The number of carbonyl (C=O) groups excluding carboxylic acids is 1. The second-order valence-electron chi connectivity index (χ2n) is 3.70. The molecule has 0 aliphatic carbocycles. The molecule has 0 radical (unpaired) electrons. The average Bonchev–Trinajstić information content (AvgIpc) is 2.34. The summed E-state index contributed by atoms with van der Waals surface area (Å²) in [5.41, 5.74) is -0.214. The van der Waals surface area contributed by atoms with Gasteiger partial charge in [0.05, 0.1) is 18.7 Å². The molecule has 0 spiro atoms. The number of benzene rings is 1. The number of carbonyl (C=O) groups is 1. The van der Waals surface area contributed by atoms with Crippen LogP contribution in [0.4, 0.5) is 18.4 Å². The quantitative estimate of drug-likeness (QED) is 0.617. The molecule has 0 atom stereocenters. The first-order valence-corrected chi connectivity index (χ1v) is 6.88. The van der Waals surface area contributed by atoms with Crippen molar-refractivity contribution in [3.63, 3.8) is 0 Å². The molecule has 0 fully saturated rings. The monoisotopic (exact) mass is 311 g/mol. The van der Waals surface area contributed by atoms with Gasteiger partial charge >= 0.3 is 10.2 Å². The molecule has 0 heterocycles. The number of ether oxygens (including phenoxy) is 1. The molecule has 20 heavy (non-hydrogen) atoms. The molecule has 1 aromatic rings. The summed E-state index contributed by atoms with van der Waals surface area (Å²) in [7, 11) is -4.96. The maximum atomic E-state index is 12.9. The summed E-state index contributed by atoms with van der Waals surface area (Å²) in [6.07, 6.45) is -2.89. The Balaban J connectivity index is 2.59. The smallest absolute Gasteiger partial charge is 0.334 e. The molecule has 1 rings (SSSR count). The zero-order valence-corrected chi connectivity index (χ0v) is 11.0. The Bertz CT molecular complexity index is 563. The third kappa shape index (κ3) is 5.57. The van der Waals surface area contributed by atoms with Gasteiger partial charge in [-0.1, -0.05) is 12.1 Å². The maximum absolute atomic E-state index is 12.9. The van der Waals surface area contributed by atoms with Crippen molar-refractivity contribution in [1.29, 1.82) is 0 Å². The average molecular weight is 311 g/mol. The van der Waals surface area contributed by atoms with Crippen LogP contribution in [0.2, 0.25) is 0 Å². The van der Waals surface area contributed by atoms with E-state index in [1.807, 2.05) is 0 Å². The normalized spacial score (nSPS) is 11.6. The number of hydrogen-bond acceptors (Lipinski definition) is 4. The molecule has 1 aromatic carbocycles. The molecule has 5 nitrogen and oxygen atoms in total. The van der Waals surface area contributed by atoms with Gasteiger partial charge in [-0.25, -0.2) is 8.78 Å². The van der Waals surface area contributed by atoms with Crippen LogP contribution >= 0.6 is 0 Å². The van der Waals surface area contributed by atoms with Gasteiger partial charge in [0.25, 0.3) is 6.43 Å². The van der Waals surface area contributed by atoms with Gasteiger partial charge in [0.2, 0.25) is 5.91 Å². The van der Waals surface area contributed by atoms with Gasteiger partial charge in [0, 0.05) is 0 Å². The minimum Gasteiger partial charge on any atom is -0.375 e. The zero-order chi connectivity index (χ0) is 15.2. The molecule has 9 heteroatoms. The Kier molecular flexibility index (Phi) is 5.96. The fourth-order valence-electron chi connectivity index (χ4n) is 1.33. The number of anilines is 1. The standard InChI is InChI=1S/C11H12F3NO4S/c12-10(13)7-19-6-5-11(16)15-8-3-1-2-4-9(8)20(14,17)18/h1-4,10H,5-7H2,(H,15,16). The first-order valence-electron chi connectivity index (χ1n) is 5.50. The summed E-state index contributed by atoms with van der Waals surface area (Å²) in [6.45, 7) is -1.04. The third-order valence-corrected chi connectivity index (χ3v) is 3.02. The lowest BCUT2D eigenvalue weighted by atomic mass is 10.3. The molecule has 0 saturated carbocycles. The predicted octanol–water partition coefficient (Wildman–Crippen LogP) is 1.96. The number of halogens is 3. The van der Waals surface area contributed by atoms with Crippen molar-refractivity contribution < 1.29 is 30.6 Å². The van der Waals surface area contributed by atoms with E-state index in [1.54, 1.807) is 0 Å². The molecule has 0 aromatic heterocycles. The fraction of sp³-hybridized carbons (Fsp3) is 0.364. The van der Waals surface area contributed by atoms with E-state index >= 15 is 0 Å². The third-order valence-electron chi connectivity index (χ3n) is 2.14. The van der Waals surface area contributed by atoms with Gasteiger partial charge in [-0.05, 0) is 12.1 Å². The Labute approximate surface area is 113 Å². The van der Waals surface area contributed by atoms with Crippen LogP contribution in [-0.2, 0) is 19.8 Å². The SMILES string of the molecule is O=C(CCOCC(F)F)Nc1ccccc1S(=O)(=O)F. The zero-order valence-electron chi connectivity index (χ0n) is 10.2. The van der Waals surface area contributed by atoms with Crippen LogP contribution in [0.15, 0.2) is 29.2 Å². The summed E-state index contributed by atoms with van der Waals surface area (Å²) in [4.78, 5) is 10.8. The minimum atomic E-state index is -4.96. The predicted molar refractivity (Wildman–Crippen MR) is 64.8 cm³/mol. The van der Waals surface area contributed by atoms with E-state index < -0.39 is 34.1 Å². The van der Waals surface area contributed by atoms with E-state index in [4.69, 9.17) is 0 Å². The molecule has 112 valence electrons. The van der Waals surface area contributed by atoms with Crippen LogP contribution in [0, 0.1) is 0 Å². The van der Waals surface area contributed by atoms with Gasteiger partial charge in [0.15, 0.2) is 0 Å². The summed E-state index contributed by atoms with van der Waals surface area (Å²) in [5, 5.41) is 2.18. The van der Waals surface area contributed by atoms with E-state index in [0.717, 1.165) is 6.07 Å². The summed E-state index contributed by atoms with van der Waals surface area (Å²) in [5.74, 6) is -0.671. The van der Waals surface area contributed by atoms with Gasteiger partial charge < -0.3 is 10.1 Å². The molecular formula is C11H12F3NO4S. The largest absolute Gasteiger partial charge is 0.375 e. The lowest BCUT2D eigenvalue weighted by Gasteiger charge is -2.08. The second-order valence-corrected chi connectivity index (χ2v) is 5.01. The topological polar surface area (TPSA) is 72.5 Å². The van der Waals surface area contributed by atoms with Crippen LogP contribution in [0.5, 0.6) is 0 Å². The number of nitrogens with one attached hydrogen (secondary N) is 1. The van der Waals surface area contributed by atoms with E-state index in [1.165, 1.54) is 18.2 Å². The number of hydrogen-bond donors (Lipinski definition) is 1. The van der Waals surface area contributed by atoms with Crippen molar-refractivity contribution in [1.82, 2.24) is 0 Å². The molecule has 1 amide bonds. The second kappa shape index (κ2) is 7.25. The van der Waals surface area contributed by atoms with Crippen molar-refractivity contribution in [2.45, 2.75) is 17.7 Å². The first-order chi connectivity index (χ1) is 9.30. The van der Waals surface area contributed by atoms with E-state index in [2.05, 4.69) is 10.1 Å². The highest BCUT2D eigenvalue weighted by Gasteiger charge is 2.18. The molecule has 0 aliphatic rings. The lowest BCUT2D eigenvalue weighted by molar-refractivity contribution is -0.117. The molecule has 0 bridgehead atoms. The van der Waals surface area contributed by atoms with Crippen LogP contribution in [0.25, 0.3) is 0 Å². The molecule has 0 aliphatic heterocycles. The fourth-order valence-corrected chi connectivity index (χ4v) is 1.96. The number of amides is 1. The van der Waals surface area contributed by atoms with E-state index in [-0.39, 0.29) is 18.7 Å². The number of rotatable bonds is 7. The highest BCUT2D eigenvalue weighted by Crippen LogP contribution is 2.22. The highest BCUT2D eigenvalue weighted by molar-refractivity contribution is 7.86. The molecule has 0 saturated heterocycles. The van der Waals surface area contributed by atoms with Crippen molar-refractivity contribution in [3.05, 3.63) is 24.3 Å². The first kappa shape index (κ1) is 16.4. The van der Waals surface area contributed by atoms with Gasteiger partial charge in [-0.2, -0.15) is 8.42 Å². The summed E-state index contributed by atoms with van der Waals surface area (Å²) >= 11 is 0. The Morgan fingerprint density at radius 3 is 2.55 bits per heavy atom. The van der Waals surface area contributed by atoms with Gasteiger partial charge in [-0.3, -0.25) is 4.79 Å². The molecule has 1 N–H and O–H groups in total. The Hall–Kier alpha value is -1.61. The Morgan fingerprint density at radius 1 is 1.30 bits per heavy atom. The number of alkyl halides is 2. The van der Waals surface area contributed by atoms with Gasteiger partial charge in [0.1, 0.15) is 11.5 Å². The van der Waals surface area contributed by atoms with Gasteiger partial charge in [-0.15, -0.1) is 3.89 Å². The van der Waals surface area contributed by atoms with E-state index in [0.29, 0.717) is 0 Å². The van der Waals surface area contributed by atoms with Crippen LogP contribution in [0.3, 0.4) is 0 Å². The Morgan fingerprint density at radius 2 is 1.95 bits per heavy atom. The summed E-state index contributed by atoms with van der Waals surface area (Å²) < 4.78 is 62.6. The highest BCUT2D eigenvalue weighted by atomic mass is 32.3. The van der Waals surface area contributed by atoms with Crippen molar-refractivity contribution >= 4 is 21.8 Å². The molecular weight excluding hydrogens is 299 g/mol. The van der Waals surface area contributed by atoms with Crippen LogP contribution in [0.1, 0.15) is 6.42 Å². The lowest BCUT2D eigenvalue weighted by Crippen LogP contribution is -2.17.